The summed E-state index contributed by atoms with van der Waals surface area (Å²) in [5.74, 6) is 0.221. The van der Waals surface area contributed by atoms with Crippen LogP contribution >= 0.6 is 23.2 Å². The Hall–Kier alpha value is -4.62. The van der Waals surface area contributed by atoms with Crippen molar-refractivity contribution in [2.45, 2.75) is 45.8 Å². The molecule has 0 saturated carbocycles. The summed E-state index contributed by atoms with van der Waals surface area (Å²) in [7, 11) is 0. The number of tetrazole rings is 1. The molecule has 0 spiro atoms. The molecule has 2 aromatic carbocycles. The van der Waals surface area contributed by atoms with Crippen LogP contribution in [0.15, 0.2) is 53.7 Å². The first-order valence-corrected chi connectivity index (χ1v) is 14.3. The normalized spacial score (nSPS) is 16.2. The number of halogens is 3. The van der Waals surface area contributed by atoms with Crippen LogP contribution in [0.3, 0.4) is 0 Å². The number of anilines is 1. The fraction of sp³-hybridized carbons (Fsp3) is 0.276. The van der Waals surface area contributed by atoms with Crippen molar-refractivity contribution in [3.05, 3.63) is 86.8 Å². The number of ether oxygens (including phenoxy) is 1. The second kappa shape index (κ2) is 11.1. The first-order chi connectivity index (χ1) is 20.9. The zero-order valence-electron chi connectivity index (χ0n) is 24.0. The molecule has 0 unspecified atom stereocenters. The molecule has 3 aromatic heterocycles. The van der Waals surface area contributed by atoms with E-state index >= 15 is 4.39 Å². The molecular formula is C29H26Cl2FN9O3. The summed E-state index contributed by atoms with van der Waals surface area (Å²) in [6.07, 6.45) is 2.66. The Labute approximate surface area is 260 Å². The van der Waals surface area contributed by atoms with E-state index in [1.807, 2.05) is 6.92 Å². The average molecular weight is 638 g/mol. The fourth-order valence-corrected chi connectivity index (χ4v) is 5.62. The van der Waals surface area contributed by atoms with Gasteiger partial charge in [0.25, 0.3) is 5.56 Å². The molecule has 1 amide bonds. The number of H-pyrrole nitrogens is 1. The number of aromatic nitrogens is 8. The molecule has 2 atom stereocenters. The second-order valence-electron chi connectivity index (χ2n) is 11.4. The van der Waals surface area contributed by atoms with Crippen LogP contribution in [0.5, 0.6) is 0 Å². The minimum atomic E-state index is -0.756. The number of fused-ring (bicyclic) bond motifs is 1. The second-order valence-corrected chi connectivity index (χ2v) is 12.2. The highest BCUT2D eigenvalue weighted by Gasteiger charge is 2.35. The van der Waals surface area contributed by atoms with Crippen LogP contribution in [0.1, 0.15) is 45.4 Å². The van der Waals surface area contributed by atoms with Gasteiger partial charge in [-0.15, -0.1) is 5.10 Å². The first-order valence-electron chi connectivity index (χ1n) is 13.6. The molecule has 226 valence electrons. The number of hydrogen-bond acceptors (Lipinski definition) is 8. The highest BCUT2D eigenvalue weighted by Crippen LogP contribution is 2.37. The molecule has 2 N–H and O–H groups in total. The third-order valence-corrected chi connectivity index (χ3v) is 7.67. The quantitative estimate of drug-likeness (QED) is 0.244. The Morgan fingerprint density at radius 3 is 2.68 bits per heavy atom. The smallest absolute Gasteiger partial charge is 0.412 e. The van der Waals surface area contributed by atoms with Crippen LogP contribution in [0.25, 0.3) is 28.2 Å². The predicted octanol–water partition coefficient (Wildman–Crippen LogP) is 5.85. The number of nitrogens with one attached hydrogen (secondary N) is 2. The van der Waals surface area contributed by atoms with Gasteiger partial charge in [-0.1, -0.05) is 30.1 Å². The summed E-state index contributed by atoms with van der Waals surface area (Å²) in [6, 6.07) is 9.09. The molecule has 1 aliphatic heterocycles. The summed E-state index contributed by atoms with van der Waals surface area (Å²) in [5, 5.41) is 14.0. The summed E-state index contributed by atoms with van der Waals surface area (Å²) in [5.41, 5.74) is 1.19. The van der Waals surface area contributed by atoms with Gasteiger partial charge in [0.05, 0.1) is 35.0 Å². The summed E-state index contributed by atoms with van der Waals surface area (Å²) >= 11 is 12.6. The molecule has 0 saturated heterocycles. The molecule has 1 aliphatic rings. The van der Waals surface area contributed by atoms with Crippen LogP contribution in [0, 0.1) is 11.7 Å². The first kappa shape index (κ1) is 29.5. The van der Waals surface area contributed by atoms with Crippen molar-refractivity contribution in [1.82, 2.24) is 39.7 Å². The number of carbonyl (C=O) groups excluding carboxylic acids is 1. The monoisotopic (exact) mass is 637 g/mol. The number of nitrogens with zero attached hydrogens (tertiary/aromatic N) is 7. The van der Waals surface area contributed by atoms with Gasteiger partial charge in [-0.25, -0.2) is 19.2 Å². The van der Waals surface area contributed by atoms with Gasteiger partial charge in [-0.3, -0.25) is 14.7 Å². The highest BCUT2D eigenvalue weighted by molar-refractivity contribution is 6.34. The van der Waals surface area contributed by atoms with Crippen LogP contribution in [-0.2, 0) is 11.2 Å². The van der Waals surface area contributed by atoms with Gasteiger partial charge in [0.1, 0.15) is 28.6 Å². The SMILES string of the molecule is C[C@H]1Cc2nc(-c3cc(Cl)ccc3-n3cnnn3)cc(=O)n2[C@@H]1c1ncc(-c2ccc(NC(=O)OC(C)(C)C)c(Cl)c2F)[nH]1. The van der Waals surface area contributed by atoms with Crippen molar-refractivity contribution in [3.8, 4) is 28.2 Å². The number of benzene rings is 2. The van der Waals surface area contributed by atoms with Crippen LogP contribution in [-0.4, -0.2) is 51.4 Å². The maximum absolute atomic E-state index is 15.4. The van der Waals surface area contributed by atoms with Crippen molar-refractivity contribution >= 4 is 35.0 Å². The van der Waals surface area contributed by atoms with Gasteiger partial charge in [0.2, 0.25) is 0 Å². The molecule has 0 aliphatic carbocycles. The zero-order chi connectivity index (χ0) is 31.3. The number of rotatable bonds is 5. The molecule has 12 nitrogen and oxygen atoms in total. The Balaban J connectivity index is 1.31. The summed E-state index contributed by atoms with van der Waals surface area (Å²) in [4.78, 5) is 38.2. The number of aromatic amines is 1. The van der Waals surface area contributed by atoms with Gasteiger partial charge >= 0.3 is 6.09 Å². The largest absolute Gasteiger partial charge is 0.444 e. The van der Waals surface area contributed by atoms with E-state index in [1.54, 1.807) is 43.5 Å². The van der Waals surface area contributed by atoms with E-state index in [9.17, 15) is 9.59 Å². The van der Waals surface area contributed by atoms with E-state index in [2.05, 4.69) is 30.8 Å². The molecule has 15 heteroatoms. The number of amides is 1. The minimum Gasteiger partial charge on any atom is -0.444 e. The minimum absolute atomic E-state index is 0.0587. The molecule has 4 heterocycles. The predicted molar refractivity (Wildman–Crippen MR) is 162 cm³/mol. The van der Waals surface area contributed by atoms with Gasteiger partial charge in [0.15, 0.2) is 5.82 Å². The Bertz CT molecular complexity index is 1950. The number of hydrogen-bond donors (Lipinski definition) is 2. The van der Waals surface area contributed by atoms with Crippen molar-refractivity contribution in [3.63, 3.8) is 0 Å². The van der Waals surface area contributed by atoms with Gasteiger partial charge in [-0.05, 0) is 67.4 Å². The van der Waals surface area contributed by atoms with Crippen LogP contribution < -0.4 is 10.9 Å². The molecule has 44 heavy (non-hydrogen) atoms. The molecule has 0 fully saturated rings. The maximum Gasteiger partial charge on any atom is 0.412 e. The van der Waals surface area contributed by atoms with Gasteiger partial charge in [0, 0.05) is 28.6 Å². The standard InChI is InChI=1S/C29H26Cl2FN9O3/c1-14-9-22-35-19(17-10-15(30)5-8-21(17)40-13-34-38-39-40)11-23(42)41(22)26(14)27-33-12-20(36-27)16-6-7-18(24(31)25(16)32)37-28(43)44-29(2,3)4/h5-8,10-14,26H,9H2,1-4H3,(H,33,36)(H,37,43)/t14-,26-/m0/s1. The van der Waals surface area contributed by atoms with Gasteiger partial charge in [-0.2, -0.15) is 4.68 Å². The Morgan fingerprint density at radius 1 is 1.16 bits per heavy atom. The molecule has 5 aromatic rings. The summed E-state index contributed by atoms with van der Waals surface area (Å²) in [6.45, 7) is 7.14. The molecule has 6 rings (SSSR count). The molecular weight excluding hydrogens is 612 g/mol. The van der Waals surface area contributed by atoms with E-state index in [4.69, 9.17) is 32.9 Å². The lowest BCUT2D eigenvalue weighted by molar-refractivity contribution is 0.0636. The lowest BCUT2D eigenvalue weighted by Gasteiger charge is -2.20. The lowest BCUT2D eigenvalue weighted by Crippen LogP contribution is -2.27. The van der Waals surface area contributed by atoms with E-state index < -0.39 is 23.6 Å². The lowest BCUT2D eigenvalue weighted by atomic mass is 10.0. The molecule has 0 bridgehead atoms. The average Bonchev–Trinajstić information content (AvgIpc) is 3.70. The number of carbonyl (C=O) groups is 1. The third-order valence-electron chi connectivity index (χ3n) is 7.06. The van der Waals surface area contributed by atoms with Crippen molar-refractivity contribution in [1.29, 1.82) is 0 Å². The van der Waals surface area contributed by atoms with Crippen molar-refractivity contribution < 1.29 is 13.9 Å². The summed E-state index contributed by atoms with van der Waals surface area (Å²) < 4.78 is 23.7. The third kappa shape index (κ3) is 5.55. The van der Waals surface area contributed by atoms with E-state index in [0.717, 1.165) is 0 Å². The van der Waals surface area contributed by atoms with Crippen molar-refractivity contribution in [2.75, 3.05) is 5.32 Å². The zero-order valence-corrected chi connectivity index (χ0v) is 25.5. The van der Waals surface area contributed by atoms with E-state index in [0.29, 0.717) is 45.7 Å². The van der Waals surface area contributed by atoms with E-state index in [-0.39, 0.29) is 27.8 Å². The Kier molecular flexibility index (Phi) is 7.46. The number of imidazole rings is 1. The van der Waals surface area contributed by atoms with Gasteiger partial charge < -0.3 is 9.72 Å². The fourth-order valence-electron chi connectivity index (χ4n) is 5.24. The van der Waals surface area contributed by atoms with E-state index in [1.165, 1.54) is 35.4 Å². The van der Waals surface area contributed by atoms with Crippen molar-refractivity contribution in [2.24, 2.45) is 5.92 Å². The molecule has 0 radical (unpaired) electrons. The van der Waals surface area contributed by atoms with Crippen LogP contribution in [0.4, 0.5) is 14.9 Å². The maximum atomic E-state index is 15.4. The Morgan fingerprint density at radius 2 is 1.95 bits per heavy atom. The highest BCUT2D eigenvalue weighted by atomic mass is 35.5. The van der Waals surface area contributed by atoms with Crippen LogP contribution in [0.2, 0.25) is 10.0 Å². The topological polar surface area (TPSA) is 146 Å².